The minimum atomic E-state index is 0.298. The summed E-state index contributed by atoms with van der Waals surface area (Å²) < 4.78 is 5.89. The maximum Gasteiger partial charge on any atom is 0.126 e. The molecule has 0 amide bonds. The fourth-order valence-electron chi connectivity index (χ4n) is 2.17. The van der Waals surface area contributed by atoms with E-state index in [9.17, 15) is 0 Å². The summed E-state index contributed by atoms with van der Waals surface area (Å²) >= 11 is 0. The molecule has 0 atom stereocenters. The Kier molecular flexibility index (Phi) is 2.68. The summed E-state index contributed by atoms with van der Waals surface area (Å²) in [5, 5.41) is 6.66. The lowest BCUT2D eigenvalue weighted by Gasteiger charge is -2.36. The predicted octanol–water partition coefficient (Wildman–Crippen LogP) is 1.35. The molecule has 0 unspecified atom stereocenters. The molecule has 5 nitrogen and oxygen atoms in total. The molecule has 1 aliphatic heterocycles. The molecule has 1 aromatic carbocycles. The van der Waals surface area contributed by atoms with Crippen molar-refractivity contribution in [3.05, 3.63) is 30.5 Å². The number of anilines is 1. The van der Waals surface area contributed by atoms with Crippen molar-refractivity contribution < 1.29 is 4.74 Å². The number of nitrogens with one attached hydrogen (secondary N) is 1. The van der Waals surface area contributed by atoms with Crippen LogP contribution in [0.1, 0.15) is 0 Å². The molecule has 0 radical (unpaired) electrons. The molecular weight excluding hydrogens is 228 g/mol. The summed E-state index contributed by atoms with van der Waals surface area (Å²) in [6, 6.07) is 7.94. The zero-order valence-corrected chi connectivity index (χ0v) is 10.3. The summed E-state index contributed by atoms with van der Waals surface area (Å²) in [4.78, 5) is 2.22. The van der Waals surface area contributed by atoms with E-state index in [1.807, 2.05) is 24.3 Å². The highest BCUT2D eigenvalue weighted by atomic mass is 16.5. The number of nitrogens with two attached hydrogens (primary N) is 1. The van der Waals surface area contributed by atoms with Crippen LogP contribution in [0.3, 0.4) is 0 Å². The van der Waals surface area contributed by atoms with Gasteiger partial charge in [-0.1, -0.05) is 12.1 Å². The molecule has 0 spiro atoms. The van der Waals surface area contributed by atoms with E-state index in [-0.39, 0.29) is 0 Å². The van der Waals surface area contributed by atoms with Crippen LogP contribution in [0.2, 0.25) is 0 Å². The summed E-state index contributed by atoms with van der Waals surface area (Å²) in [6.07, 6.45) is 2.03. The molecule has 0 saturated carbocycles. The highest BCUT2D eigenvalue weighted by Gasteiger charge is 2.24. The zero-order chi connectivity index (χ0) is 12.5. The quantitative estimate of drug-likeness (QED) is 0.855. The molecule has 3 rings (SSSR count). The van der Waals surface area contributed by atoms with Crippen LogP contribution >= 0.6 is 0 Å². The van der Waals surface area contributed by atoms with Crippen LogP contribution in [0.4, 0.5) is 5.82 Å². The number of H-pyrrole nitrogens is 1. The van der Waals surface area contributed by atoms with Gasteiger partial charge in [-0.25, -0.2) is 0 Å². The third-order valence-electron chi connectivity index (χ3n) is 3.15. The second-order valence-electron chi connectivity index (χ2n) is 4.69. The number of rotatable bonds is 3. The summed E-state index contributed by atoms with van der Waals surface area (Å²) in [5.41, 5.74) is 7.74. The normalized spacial score (nSPS) is 16.5. The molecule has 94 valence electrons. The molecule has 5 heteroatoms. The first kappa shape index (κ1) is 11.1. The fourth-order valence-corrected chi connectivity index (χ4v) is 2.17. The van der Waals surface area contributed by atoms with Crippen molar-refractivity contribution in [1.82, 2.24) is 15.1 Å². The lowest BCUT2D eigenvalue weighted by molar-refractivity contribution is 0.0389. The first-order valence-electron chi connectivity index (χ1n) is 5.97. The Hall–Kier alpha value is -2.01. The van der Waals surface area contributed by atoms with Gasteiger partial charge in [0.15, 0.2) is 0 Å². The minimum absolute atomic E-state index is 0.298. The van der Waals surface area contributed by atoms with E-state index in [1.54, 1.807) is 6.20 Å². The highest BCUT2D eigenvalue weighted by Crippen LogP contribution is 2.27. The van der Waals surface area contributed by atoms with Crippen LogP contribution < -0.4 is 10.5 Å². The van der Waals surface area contributed by atoms with Crippen LogP contribution in [-0.4, -0.2) is 41.3 Å². The number of hydrogen-bond donors (Lipinski definition) is 2. The number of nitrogen functional groups attached to an aromatic ring is 1. The molecular formula is C13H16N4O. The van der Waals surface area contributed by atoms with E-state index in [1.165, 1.54) is 0 Å². The van der Waals surface area contributed by atoms with Crippen LogP contribution in [-0.2, 0) is 0 Å². The number of hydrogen-bond acceptors (Lipinski definition) is 4. The van der Waals surface area contributed by atoms with Gasteiger partial charge < -0.3 is 10.5 Å². The van der Waals surface area contributed by atoms with E-state index >= 15 is 0 Å². The topological polar surface area (TPSA) is 67.2 Å². The standard InChI is InChI=1S/C13H16N4O/c1-17-7-11(8-17)18-10-4-2-3-9(5-10)12-6-15-16-13(12)14/h2-6,11H,7-8H2,1H3,(H3,14,15,16). The summed E-state index contributed by atoms with van der Waals surface area (Å²) in [6.45, 7) is 1.97. The first-order chi connectivity index (χ1) is 8.72. The highest BCUT2D eigenvalue weighted by molar-refractivity contribution is 5.73. The van der Waals surface area contributed by atoms with E-state index < -0.39 is 0 Å². The molecule has 1 aliphatic rings. The second kappa shape index (κ2) is 4.34. The summed E-state index contributed by atoms with van der Waals surface area (Å²) in [5.74, 6) is 1.46. The average molecular weight is 244 g/mol. The van der Waals surface area contributed by atoms with Crippen molar-refractivity contribution in [2.24, 2.45) is 0 Å². The molecule has 2 aromatic rings. The van der Waals surface area contributed by atoms with Crippen LogP contribution in [0, 0.1) is 0 Å². The van der Waals surface area contributed by atoms with Gasteiger partial charge >= 0.3 is 0 Å². The van der Waals surface area contributed by atoms with Gasteiger partial charge in [0.25, 0.3) is 0 Å². The number of likely N-dealkylation sites (tertiary alicyclic amines) is 1. The van der Waals surface area contributed by atoms with Gasteiger partial charge in [0, 0.05) is 18.7 Å². The number of nitrogens with zero attached hydrogens (tertiary/aromatic N) is 2. The second-order valence-corrected chi connectivity index (χ2v) is 4.69. The van der Waals surface area contributed by atoms with Gasteiger partial charge in [-0.2, -0.15) is 5.10 Å². The number of aromatic amines is 1. The van der Waals surface area contributed by atoms with Crippen molar-refractivity contribution >= 4 is 5.82 Å². The third kappa shape index (κ3) is 2.04. The largest absolute Gasteiger partial charge is 0.488 e. The monoisotopic (exact) mass is 244 g/mol. The Morgan fingerprint density at radius 3 is 2.94 bits per heavy atom. The molecule has 0 aliphatic carbocycles. The Labute approximate surface area is 106 Å². The van der Waals surface area contributed by atoms with Crippen molar-refractivity contribution in [2.45, 2.75) is 6.10 Å². The van der Waals surface area contributed by atoms with Gasteiger partial charge in [-0.3, -0.25) is 10.00 Å². The SMILES string of the molecule is CN1CC(Oc2cccc(-c3cn[nH]c3N)c2)C1. The third-order valence-corrected chi connectivity index (χ3v) is 3.15. The molecule has 1 fully saturated rings. The number of benzene rings is 1. The lowest BCUT2D eigenvalue weighted by atomic mass is 10.1. The fraction of sp³-hybridized carbons (Fsp3) is 0.308. The molecule has 2 heterocycles. The molecule has 1 aromatic heterocycles. The number of aromatic nitrogens is 2. The Morgan fingerprint density at radius 2 is 2.28 bits per heavy atom. The van der Waals surface area contributed by atoms with Crippen molar-refractivity contribution in [2.75, 3.05) is 25.9 Å². The van der Waals surface area contributed by atoms with Gasteiger partial charge in [0.05, 0.1) is 6.20 Å². The maximum atomic E-state index is 5.89. The summed E-state index contributed by atoms with van der Waals surface area (Å²) in [7, 11) is 2.09. The van der Waals surface area contributed by atoms with Crippen LogP contribution in [0.25, 0.3) is 11.1 Å². The minimum Gasteiger partial charge on any atom is -0.488 e. The number of ether oxygens (including phenoxy) is 1. The van der Waals surface area contributed by atoms with Crippen molar-refractivity contribution in [3.8, 4) is 16.9 Å². The van der Waals surface area contributed by atoms with Gasteiger partial charge in [0.1, 0.15) is 17.7 Å². The van der Waals surface area contributed by atoms with Crippen molar-refractivity contribution in [3.63, 3.8) is 0 Å². The van der Waals surface area contributed by atoms with Crippen molar-refractivity contribution in [1.29, 1.82) is 0 Å². The van der Waals surface area contributed by atoms with Gasteiger partial charge in [-0.15, -0.1) is 0 Å². The van der Waals surface area contributed by atoms with E-state index in [2.05, 4.69) is 22.1 Å². The van der Waals surface area contributed by atoms with Gasteiger partial charge in [0.2, 0.25) is 0 Å². The molecule has 0 bridgehead atoms. The molecule has 3 N–H and O–H groups in total. The van der Waals surface area contributed by atoms with E-state index in [0.29, 0.717) is 11.9 Å². The zero-order valence-electron chi connectivity index (χ0n) is 10.3. The van der Waals surface area contributed by atoms with Crippen LogP contribution in [0.5, 0.6) is 5.75 Å². The molecule has 18 heavy (non-hydrogen) atoms. The Balaban J connectivity index is 1.79. The Morgan fingerprint density at radius 1 is 1.44 bits per heavy atom. The van der Waals surface area contributed by atoms with Gasteiger partial charge in [-0.05, 0) is 24.7 Å². The average Bonchev–Trinajstić information content (AvgIpc) is 2.74. The van der Waals surface area contributed by atoms with Crippen LogP contribution in [0.15, 0.2) is 30.5 Å². The number of likely N-dealkylation sites (N-methyl/N-ethyl adjacent to an activating group) is 1. The first-order valence-corrected chi connectivity index (χ1v) is 5.97. The van der Waals surface area contributed by atoms with E-state index in [4.69, 9.17) is 10.5 Å². The van der Waals surface area contributed by atoms with E-state index in [0.717, 1.165) is 30.0 Å². The smallest absolute Gasteiger partial charge is 0.126 e. The molecule has 1 saturated heterocycles. The predicted molar refractivity (Wildman–Crippen MR) is 70.3 cm³/mol. The maximum absolute atomic E-state index is 5.89. The Bertz CT molecular complexity index is 545. The lowest BCUT2D eigenvalue weighted by Crippen LogP contribution is -2.51.